The molecule has 0 aromatic heterocycles. The van der Waals surface area contributed by atoms with E-state index in [1.807, 2.05) is 6.20 Å². The number of likely N-dealkylation sites (N-methyl/N-ethyl adjacent to an activating group) is 1. The van der Waals surface area contributed by atoms with Gasteiger partial charge in [-0.3, -0.25) is 4.79 Å². The second-order valence-corrected chi connectivity index (χ2v) is 4.51. The van der Waals surface area contributed by atoms with Crippen molar-refractivity contribution in [2.75, 3.05) is 7.05 Å². The fourth-order valence-electron chi connectivity index (χ4n) is 2.29. The van der Waals surface area contributed by atoms with Gasteiger partial charge in [0.15, 0.2) is 0 Å². The molecule has 3 N–H and O–H groups in total. The first-order valence-corrected chi connectivity index (χ1v) is 5.85. The van der Waals surface area contributed by atoms with Crippen molar-refractivity contribution in [3.8, 4) is 0 Å². The van der Waals surface area contributed by atoms with E-state index in [0.29, 0.717) is 12.2 Å². The summed E-state index contributed by atoms with van der Waals surface area (Å²) in [6, 6.07) is 0.0983. The van der Waals surface area contributed by atoms with Crippen LogP contribution in [0, 0.1) is 0 Å². The minimum Gasteiger partial charge on any atom is -0.508 e. The second kappa shape index (κ2) is 4.75. The molecule has 0 amide bonds. The number of hydrogen-bond donors (Lipinski definition) is 3. The smallest absolute Gasteiger partial charge is 0.147 e. The van der Waals surface area contributed by atoms with E-state index in [1.54, 1.807) is 26.1 Å². The number of aliphatic hydroxyl groups is 1. The first-order chi connectivity index (χ1) is 8.11. The summed E-state index contributed by atoms with van der Waals surface area (Å²) in [6.45, 7) is 1.59. The maximum atomic E-state index is 11.4. The molecule has 0 bridgehead atoms. The molecular weight excluding hydrogens is 216 g/mol. The Morgan fingerprint density at radius 3 is 3.12 bits per heavy atom. The van der Waals surface area contributed by atoms with Crippen LogP contribution in [0.3, 0.4) is 0 Å². The van der Waals surface area contributed by atoms with Crippen molar-refractivity contribution in [2.45, 2.75) is 31.8 Å². The molecule has 1 aliphatic heterocycles. The molecule has 2 atom stereocenters. The van der Waals surface area contributed by atoms with Crippen molar-refractivity contribution in [2.24, 2.45) is 0 Å². The summed E-state index contributed by atoms with van der Waals surface area (Å²) in [6.07, 6.45) is 7.00. The van der Waals surface area contributed by atoms with Crippen molar-refractivity contribution in [3.63, 3.8) is 0 Å². The first-order valence-electron chi connectivity index (χ1n) is 5.85. The van der Waals surface area contributed by atoms with Gasteiger partial charge in [-0.1, -0.05) is 0 Å². The van der Waals surface area contributed by atoms with E-state index in [2.05, 4.69) is 10.6 Å². The highest BCUT2D eigenvalue weighted by atomic mass is 16.3. The molecule has 0 saturated heterocycles. The third-order valence-corrected chi connectivity index (χ3v) is 3.33. The molecule has 1 heterocycles. The van der Waals surface area contributed by atoms with Crippen LogP contribution in [0.1, 0.15) is 19.8 Å². The van der Waals surface area contributed by atoms with Crippen LogP contribution in [0.15, 0.2) is 35.3 Å². The quantitative estimate of drug-likeness (QED) is 0.683. The van der Waals surface area contributed by atoms with Gasteiger partial charge in [0, 0.05) is 6.20 Å². The number of allylic oxidation sites excluding steroid dienone is 1. The van der Waals surface area contributed by atoms with Gasteiger partial charge >= 0.3 is 0 Å². The lowest BCUT2D eigenvalue weighted by molar-refractivity contribution is -0.118. The van der Waals surface area contributed by atoms with Crippen LogP contribution in [0.2, 0.25) is 0 Å². The van der Waals surface area contributed by atoms with E-state index in [1.165, 1.54) is 0 Å². The lowest BCUT2D eigenvalue weighted by atomic mass is 9.91. The normalized spacial score (nSPS) is 24.1. The second-order valence-electron chi connectivity index (χ2n) is 4.51. The lowest BCUT2D eigenvalue weighted by Gasteiger charge is -2.19. The molecule has 4 heteroatoms. The SMILES string of the molecule is CNC(CC1=CNC2CC=C(O)C=C12)C(C)=O. The zero-order valence-corrected chi connectivity index (χ0v) is 10.2. The standard InChI is InChI=1S/C13H18N2O2/c1-8(16)13(14-2)5-9-7-15-12-4-3-10(17)6-11(9)12/h3,6-7,12-15,17H,4-5H2,1-2H3. The minimum atomic E-state index is -0.157. The number of aliphatic hydroxyl groups excluding tert-OH is 1. The molecule has 2 rings (SSSR count). The Labute approximate surface area is 101 Å². The van der Waals surface area contributed by atoms with E-state index in [0.717, 1.165) is 17.6 Å². The van der Waals surface area contributed by atoms with Crippen molar-refractivity contribution < 1.29 is 9.90 Å². The molecule has 0 aromatic rings. The van der Waals surface area contributed by atoms with Crippen LogP contribution in [-0.4, -0.2) is 30.0 Å². The van der Waals surface area contributed by atoms with E-state index in [9.17, 15) is 9.90 Å². The average molecular weight is 234 g/mol. The highest BCUT2D eigenvalue weighted by molar-refractivity contribution is 5.82. The van der Waals surface area contributed by atoms with Crippen molar-refractivity contribution >= 4 is 5.78 Å². The Balaban J connectivity index is 2.12. The number of Topliss-reactive ketones (excluding diaryl/α,β-unsaturated/α-hetero) is 1. The summed E-state index contributed by atoms with van der Waals surface area (Å²) in [5.74, 6) is 0.447. The maximum absolute atomic E-state index is 11.4. The number of carbonyl (C=O) groups excluding carboxylic acids is 1. The summed E-state index contributed by atoms with van der Waals surface area (Å²) in [7, 11) is 1.79. The largest absolute Gasteiger partial charge is 0.508 e. The summed E-state index contributed by atoms with van der Waals surface area (Å²) in [5.41, 5.74) is 2.20. The predicted molar refractivity (Wildman–Crippen MR) is 66.6 cm³/mol. The molecule has 0 aromatic carbocycles. The third kappa shape index (κ3) is 2.42. The number of nitrogens with one attached hydrogen (secondary N) is 2. The van der Waals surface area contributed by atoms with Gasteiger partial charge in [0.05, 0.1) is 12.1 Å². The Hall–Kier alpha value is -1.55. The third-order valence-electron chi connectivity index (χ3n) is 3.33. The van der Waals surface area contributed by atoms with Gasteiger partial charge in [0.25, 0.3) is 0 Å². The molecule has 2 aliphatic rings. The molecule has 0 fully saturated rings. The van der Waals surface area contributed by atoms with E-state index >= 15 is 0 Å². The highest BCUT2D eigenvalue weighted by Crippen LogP contribution is 2.30. The molecular formula is C13H18N2O2. The fraction of sp³-hybridized carbons (Fsp3) is 0.462. The molecule has 17 heavy (non-hydrogen) atoms. The topological polar surface area (TPSA) is 61.4 Å². The van der Waals surface area contributed by atoms with Gasteiger partial charge in [0.2, 0.25) is 0 Å². The van der Waals surface area contributed by atoms with Gasteiger partial charge in [-0.2, -0.15) is 0 Å². The molecule has 92 valence electrons. The van der Waals surface area contributed by atoms with Crippen LogP contribution in [-0.2, 0) is 4.79 Å². The van der Waals surface area contributed by atoms with Crippen LogP contribution in [0.5, 0.6) is 0 Å². The number of ketones is 1. The predicted octanol–water partition coefficient (Wildman–Crippen LogP) is 1.18. The number of fused-ring (bicyclic) bond motifs is 1. The van der Waals surface area contributed by atoms with Crippen molar-refractivity contribution in [1.82, 2.24) is 10.6 Å². The van der Waals surface area contributed by atoms with Crippen LogP contribution in [0.4, 0.5) is 0 Å². The number of carbonyl (C=O) groups is 1. The fourth-order valence-corrected chi connectivity index (χ4v) is 2.29. The van der Waals surface area contributed by atoms with Gasteiger partial charge in [-0.05, 0) is 50.1 Å². The van der Waals surface area contributed by atoms with E-state index in [4.69, 9.17) is 0 Å². The Bertz CT molecular complexity index is 421. The molecule has 0 radical (unpaired) electrons. The van der Waals surface area contributed by atoms with E-state index in [-0.39, 0.29) is 17.9 Å². The van der Waals surface area contributed by atoms with Gasteiger partial charge in [-0.15, -0.1) is 0 Å². The zero-order chi connectivity index (χ0) is 12.4. The lowest BCUT2D eigenvalue weighted by Crippen LogP contribution is -2.33. The Kier molecular flexibility index (Phi) is 3.33. The molecule has 0 spiro atoms. The van der Waals surface area contributed by atoms with Crippen molar-refractivity contribution in [1.29, 1.82) is 0 Å². The Morgan fingerprint density at radius 2 is 2.47 bits per heavy atom. The zero-order valence-electron chi connectivity index (χ0n) is 10.2. The maximum Gasteiger partial charge on any atom is 0.147 e. The van der Waals surface area contributed by atoms with Gasteiger partial charge < -0.3 is 15.7 Å². The van der Waals surface area contributed by atoms with Gasteiger partial charge in [0.1, 0.15) is 11.5 Å². The van der Waals surface area contributed by atoms with E-state index < -0.39 is 0 Å². The average Bonchev–Trinajstić information content (AvgIpc) is 2.68. The van der Waals surface area contributed by atoms with Crippen LogP contribution < -0.4 is 10.6 Å². The molecule has 1 aliphatic carbocycles. The number of hydrogen-bond acceptors (Lipinski definition) is 4. The summed E-state index contributed by atoms with van der Waals surface area (Å²) >= 11 is 0. The molecule has 2 unspecified atom stereocenters. The van der Waals surface area contributed by atoms with Crippen LogP contribution >= 0.6 is 0 Å². The monoisotopic (exact) mass is 234 g/mol. The molecule has 0 saturated carbocycles. The van der Waals surface area contributed by atoms with Crippen molar-refractivity contribution in [3.05, 3.63) is 35.3 Å². The molecule has 4 nitrogen and oxygen atoms in total. The van der Waals surface area contributed by atoms with Crippen LogP contribution in [0.25, 0.3) is 0 Å². The number of rotatable bonds is 4. The summed E-state index contributed by atoms with van der Waals surface area (Å²) in [4.78, 5) is 11.4. The first kappa shape index (κ1) is 11.9. The summed E-state index contributed by atoms with van der Waals surface area (Å²) in [5, 5.41) is 15.8. The highest BCUT2D eigenvalue weighted by Gasteiger charge is 2.27. The Morgan fingerprint density at radius 1 is 1.71 bits per heavy atom. The van der Waals surface area contributed by atoms with Gasteiger partial charge in [-0.25, -0.2) is 0 Å². The minimum absolute atomic E-state index is 0.132. The summed E-state index contributed by atoms with van der Waals surface area (Å²) < 4.78 is 0.